The van der Waals surface area contributed by atoms with Gasteiger partial charge in [0.1, 0.15) is 5.82 Å². The van der Waals surface area contributed by atoms with Gasteiger partial charge >= 0.3 is 0 Å². The predicted octanol–water partition coefficient (Wildman–Crippen LogP) is 5.12. The van der Waals surface area contributed by atoms with Crippen LogP contribution in [-0.4, -0.2) is 6.04 Å². The zero-order valence-electron chi connectivity index (χ0n) is 11.0. The molecule has 110 valence electrons. The lowest BCUT2D eigenvalue weighted by Crippen LogP contribution is -2.34. The lowest BCUT2D eigenvalue weighted by molar-refractivity contribution is 0.372. The van der Waals surface area contributed by atoms with Gasteiger partial charge in [-0.15, -0.1) is 0 Å². The molecule has 0 bridgehead atoms. The Balaban J connectivity index is 1.65. The Kier molecular flexibility index (Phi) is 3.81. The Labute approximate surface area is 125 Å². The van der Waals surface area contributed by atoms with Crippen LogP contribution in [0.15, 0.2) is 36.4 Å². The number of anilines is 1. The van der Waals surface area contributed by atoms with Crippen LogP contribution in [0.1, 0.15) is 24.3 Å². The summed E-state index contributed by atoms with van der Waals surface area (Å²) in [5, 5.41) is 3.63. The molecule has 5 heteroatoms. The number of hydrogen-bond acceptors (Lipinski definition) is 1. The quantitative estimate of drug-likeness (QED) is 0.776. The van der Waals surface area contributed by atoms with Crippen molar-refractivity contribution in [2.45, 2.75) is 24.8 Å². The summed E-state index contributed by atoms with van der Waals surface area (Å²) < 4.78 is 39.5. The lowest BCUT2D eigenvalue weighted by atomic mass is 9.76. The Morgan fingerprint density at radius 1 is 0.952 bits per heavy atom. The SMILES string of the molecule is Fc1cc(F)c(NC2CC(c3ccccc3Cl)C2)cc1F. The van der Waals surface area contributed by atoms with Gasteiger partial charge in [0.05, 0.1) is 5.69 Å². The number of hydrogen-bond donors (Lipinski definition) is 1. The highest BCUT2D eigenvalue weighted by atomic mass is 35.5. The molecule has 2 aromatic rings. The third kappa shape index (κ3) is 2.86. The third-order valence-corrected chi connectivity index (χ3v) is 4.20. The fourth-order valence-corrected chi connectivity index (χ4v) is 2.94. The molecule has 1 aliphatic rings. The number of rotatable bonds is 3. The van der Waals surface area contributed by atoms with Gasteiger partial charge < -0.3 is 5.32 Å². The van der Waals surface area contributed by atoms with Gasteiger partial charge in [-0.25, -0.2) is 13.2 Å². The molecule has 0 aliphatic heterocycles. The van der Waals surface area contributed by atoms with Crippen molar-refractivity contribution in [3.8, 4) is 0 Å². The molecular formula is C16H13ClF3N. The van der Waals surface area contributed by atoms with Crippen molar-refractivity contribution in [2.75, 3.05) is 5.32 Å². The van der Waals surface area contributed by atoms with E-state index in [4.69, 9.17) is 11.6 Å². The second kappa shape index (κ2) is 5.60. The van der Waals surface area contributed by atoms with Crippen molar-refractivity contribution in [1.82, 2.24) is 0 Å². The molecule has 1 N–H and O–H groups in total. The van der Waals surface area contributed by atoms with Gasteiger partial charge in [-0.1, -0.05) is 29.8 Å². The van der Waals surface area contributed by atoms with E-state index in [9.17, 15) is 13.2 Å². The van der Waals surface area contributed by atoms with E-state index in [1.165, 1.54) is 0 Å². The third-order valence-electron chi connectivity index (χ3n) is 3.85. The van der Waals surface area contributed by atoms with Crippen molar-refractivity contribution >= 4 is 17.3 Å². The molecule has 0 aromatic heterocycles. The zero-order chi connectivity index (χ0) is 15.0. The first-order valence-electron chi connectivity index (χ1n) is 6.70. The lowest BCUT2D eigenvalue weighted by Gasteiger charge is -2.37. The summed E-state index contributed by atoms with van der Waals surface area (Å²) in [5.74, 6) is -2.71. The molecule has 2 aromatic carbocycles. The summed E-state index contributed by atoms with van der Waals surface area (Å²) in [6.45, 7) is 0. The first kappa shape index (κ1) is 14.3. The van der Waals surface area contributed by atoms with Crippen molar-refractivity contribution in [2.24, 2.45) is 0 Å². The van der Waals surface area contributed by atoms with Crippen LogP contribution in [0.2, 0.25) is 5.02 Å². The van der Waals surface area contributed by atoms with Crippen LogP contribution in [0.3, 0.4) is 0 Å². The second-order valence-corrected chi connectivity index (χ2v) is 5.68. The largest absolute Gasteiger partial charge is 0.380 e. The summed E-state index contributed by atoms with van der Waals surface area (Å²) in [6, 6.07) is 9.06. The summed E-state index contributed by atoms with van der Waals surface area (Å²) >= 11 is 6.13. The van der Waals surface area contributed by atoms with Crippen LogP contribution in [0.5, 0.6) is 0 Å². The highest BCUT2D eigenvalue weighted by molar-refractivity contribution is 6.31. The first-order valence-corrected chi connectivity index (χ1v) is 7.08. The fraction of sp³-hybridized carbons (Fsp3) is 0.250. The summed E-state index contributed by atoms with van der Waals surface area (Å²) in [5.41, 5.74) is 1.07. The maximum atomic E-state index is 13.5. The Morgan fingerprint density at radius 2 is 1.62 bits per heavy atom. The van der Waals surface area contributed by atoms with Crippen LogP contribution < -0.4 is 5.32 Å². The van der Waals surface area contributed by atoms with Gasteiger partial charge in [-0.2, -0.15) is 0 Å². The molecule has 1 aliphatic carbocycles. The summed E-state index contributed by atoms with van der Waals surface area (Å²) in [4.78, 5) is 0. The average molecular weight is 312 g/mol. The van der Waals surface area contributed by atoms with E-state index in [1.54, 1.807) is 0 Å². The zero-order valence-corrected chi connectivity index (χ0v) is 11.8. The van der Waals surface area contributed by atoms with Gasteiger partial charge in [0.2, 0.25) is 0 Å². The average Bonchev–Trinajstić information content (AvgIpc) is 2.40. The van der Waals surface area contributed by atoms with Crippen LogP contribution in [0.25, 0.3) is 0 Å². The van der Waals surface area contributed by atoms with Crippen LogP contribution in [0.4, 0.5) is 18.9 Å². The summed E-state index contributed by atoms with van der Waals surface area (Å²) in [7, 11) is 0. The van der Waals surface area contributed by atoms with Crippen molar-refractivity contribution < 1.29 is 13.2 Å². The standard InChI is InChI=1S/C16H13ClF3N/c17-12-4-2-1-3-11(12)9-5-10(6-9)21-16-8-14(19)13(18)7-15(16)20/h1-4,7-10,21H,5-6H2. The van der Waals surface area contributed by atoms with Gasteiger partial charge in [0.25, 0.3) is 0 Å². The van der Waals surface area contributed by atoms with Crippen LogP contribution in [-0.2, 0) is 0 Å². The highest BCUT2D eigenvalue weighted by Crippen LogP contribution is 2.41. The van der Waals surface area contributed by atoms with E-state index in [2.05, 4.69) is 5.32 Å². The monoisotopic (exact) mass is 311 g/mol. The molecular weight excluding hydrogens is 299 g/mol. The Bertz CT molecular complexity index is 669. The van der Waals surface area contributed by atoms with Gasteiger partial charge in [-0.05, 0) is 30.4 Å². The molecule has 21 heavy (non-hydrogen) atoms. The van der Waals surface area contributed by atoms with E-state index in [0.717, 1.165) is 29.5 Å². The molecule has 3 rings (SSSR count). The van der Waals surface area contributed by atoms with Crippen LogP contribution >= 0.6 is 11.6 Å². The van der Waals surface area contributed by atoms with Crippen molar-refractivity contribution in [1.29, 1.82) is 0 Å². The van der Waals surface area contributed by atoms with Crippen LogP contribution in [0, 0.1) is 17.5 Å². The molecule has 1 fully saturated rings. The van der Waals surface area contributed by atoms with Gasteiger partial charge in [0, 0.05) is 23.2 Å². The molecule has 0 radical (unpaired) electrons. The van der Waals surface area contributed by atoms with E-state index in [1.807, 2.05) is 24.3 Å². The molecule has 0 amide bonds. The second-order valence-electron chi connectivity index (χ2n) is 5.28. The molecule has 1 nitrogen and oxygen atoms in total. The number of benzene rings is 2. The first-order chi connectivity index (χ1) is 10.0. The maximum Gasteiger partial charge on any atom is 0.161 e. The number of nitrogens with one attached hydrogen (secondary N) is 1. The topological polar surface area (TPSA) is 12.0 Å². The molecule has 0 spiro atoms. The summed E-state index contributed by atoms with van der Waals surface area (Å²) in [6.07, 6.45) is 1.56. The molecule has 0 saturated heterocycles. The van der Waals surface area contributed by atoms with E-state index in [0.29, 0.717) is 12.0 Å². The van der Waals surface area contributed by atoms with E-state index < -0.39 is 17.5 Å². The number of halogens is 4. The highest BCUT2D eigenvalue weighted by Gasteiger charge is 2.32. The molecule has 1 saturated carbocycles. The molecule has 0 unspecified atom stereocenters. The predicted molar refractivity (Wildman–Crippen MR) is 77.2 cm³/mol. The molecule has 0 heterocycles. The Hall–Kier alpha value is -1.68. The van der Waals surface area contributed by atoms with Crippen molar-refractivity contribution in [3.05, 3.63) is 64.4 Å². The van der Waals surface area contributed by atoms with Gasteiger partial charge in [-0.3, -0.25) is 0 Å². The minimum absolute atomic E-state index is 0.00323. The van der Waals surface area contributed by atoms with E-state index in [-0.39, 0.29) is 11.7 Å². The smallest absolute Gasteiger partial charge is 0.161 e. The minimum Gasteiger partial charge on any atom is -0.380 e. The molecule has 0 atom stereocenters. The van der Waals surface area contributed by atoms with Gasteiger partial charge in [0.15, 0.2) is 11.6 Å². The Morgan fingerprint density at radius 3 is 2.33 bits per heavy atom. The van der Waals surface area contributed by atoms with E-state index >= 15 is 0 Å². The van der Waals surface area contributed by atoms with Crippen molar-refractivity contribution in [3.63, 3.8) is 0 Å². The minimum atomic E-state index is -1.18. The fourth-order valence-electron chi connectivity index (χ4n) is 2.65. The normalized spacial score (nSPS) is 21.0. The maximum absolute atomic E-state index is 13.5.